The van der Waals surface area contributed by atoms with Gasteiger partial charge in [-0.25, -0.2) is 9.97 Å². The van der Waals surface area contributed by atoms with Gasteiger partial charge in [0.15, 0.2) is 0 Å². The number of hydrogen-bond donors (Lipinski definition) is 0. The van der Waals surface area contributed by atoms with Crippen molar-refractivity contribution in [2.75, 3.05) is 0 Å². The first kappa shape index (κ1) is 10.9. The van der Waals surface area contributed by atoms with E-state index >= 15 is 0 Å². The van der Waals surface area contributed by atoms with Gasteiger partial charge in [-0.05, 0) is 30.7 Å². The van der Waals surface area contributed by atoms with Gasteiger partial charge in [-0.15, -0.1) is 11.6 Å². The standard InChI is InChI=1S/C12H11ClN2O/c1-9(13)10-3-5-11(6-4-10)16-12-14-7-2-8-15-12/h2-9H,1H3. The van der Waals surface area contributed by atoms with Gasteiger partial charge in [-0.1, -0.05) is 12.1 Å². The summed E-state index contributed by atoms with van der Waals surface area (Å²) in [6, 6.07) is 9.64. The van der Waals surface area contributed by atoms with Crippen LogP contribution in [0, 0.1) is 0 Å². The number of benzene rings is 1. The molecule has 0 bridgehead atoms. The first-order valence-corrected chi connectivity index (χ1v) is 5.38. The second-order valence-corrected chi connectivity index (χ2v) is 3.97. The molecular formula is C12H11ClN2O. The fraction of sp³-hybridized carbons (Fsp3) is 0.167. The minimum absolute atomic E-state index is 0.00188. The zero-order valence-corrected chi connectivity index (χ0v) is 9.56. The van der Waals surface area contributed by atoms with Crippen LogP contribution in [0.4, 0.5) is 0 Å². The summed E-state index contributed by atoms with van der Waals surface area (Å²) in [5.41, 5.74) is 1.06. The predicted octanol–water partition coefficient (Wildman–Crippen LogP) is 3.57. The molecule has 0 aliphatic rings. The third kappa shape index (κ3) is 2.70. The summed E-state index contributed by atoms with van der Waals surface area (Å²) >= 11 is 5.95. The molecule has 0 amide bonds. The first-order valence-electron chi connectivity index (χ1n) is 4.94. The van der Waals surface area contributed by atoms with E-state index in [2.05, 4.69) is 9.97 Å². The SMILES string of the molecule is CC(Cl)c1ccc(Oc2ncccn2)cc1. The zero-order valence-electron chi connectivity index (χ0n) is 8.80. The van der Waals surface area contributed by atoms with Crippen molar-refractivity contribution in [2.45, 2.75) is 12.3 Å². The summed E-state index contributed by atoms with van der Waals surface area (Å²) in [5, 5.41) is 0.00188. The lowest BCUT2D eigenvalue weighted by Gasteiger charge is -2.05. The Hall–Kier alpha value is -1.61. The first-order chi connectivity index (χ1) is 7.75. The molecule has 0 fully saturated rings. The maximum atomic E-state index is 5.95. The Kier molecular flexibility index (Phi) is 3.37. The molecular weight excluding hydrogens is 224 g/mol. The molecule has 2 rings (SSSR count). The Morgan fingerprint density at radius 2 is 1.75 bits per heavy atom. The zero-order chi connectivity index (χ0) is 11.4. The molecule has 0 saturated heterocycles. The highest BCUT2D eigenvalue weighted by atomic mass is 35.5. The summed E-state index contributed by atoms with van der Waals surface area (Å²) in [4.78, 5) is 7.94. The average molecular weight is 235 g/mol. The molecule has 0 radical (unpaired) electrons. The van der Waals surface area contributed by atoms with Crippen molar-refractivity contribution in [3.8, 4) is 11.8 Å². The highest BCUT2D eigenvalue weighted by molar-refractivity contribution is 6.20. The van der Waals surface area contributed by atoms with Crippen LogP contribution in [-0.4, -0.2) is 9.97 Å². The van der Waals surface area contributed by atoms with Crippen LogP contribution in [0.2, 0.25) is 0 Å². The number of rotatable bonds is 3. The van der Waals surface area contributed by atoms with Crippen molar-refractivity contribution in [1.82, 2.24) is 9.97 Å². The summed E-state index contributed by atoms with van der Waals surface area (Å²) < 4.78 is 5.45. The number of alkyl halides is 1. The van der Waals surface area contributed by atoms with Crippen molar-refractivity contribution in [3.05, 3.63) is 48.3 Å². The second kappa shape index (κ2) is 4.94. The molecule has 0 N–H and O–H groups in total. The summed E-state index contributed by atoms with van der Waals surface area (Å²) in [5.74, 6) is 0.701. The normalized spacial score (nSPS) is 12.1. The van der Waals surface area contributed by atoms with E-state index in [1.165, 1.54) is 0 Å². The Bertz CT molecular complexity index is 442. The van der Waals surface area contributed by atoms with Crippen LogP contribution in [0.15, 0.2) is 42.7 Å². The number of hydrogen-bond acceptors (Lipinski definition) is 3. The molecule has 1 heterocycles. The molecule has 4 heteroatoms. The molecule has 0 saturated carbocycles. The van der Waals surface area contributed by atoms with Crippen LogP contribution >= 0.6 is 11.6 Å². The van der Waals surface area contributed by atoms with Crippen molar-refractivity contribution < 1.29 is 4.74 Å². The lowest BCUT2D eigenvalue weighted by molar-refractivity contribution is 0.441. The van der Waals surface area contributed by atoms with Crippen molar-refractivity contribution >= 4 is 11.6 Å². The largest absolute Gasteiger partial charge is 0.424 e. The third-order valence-corrected chi connectivity index (χ3v) is 2.34. The molecule has 1 unspecified atom stereocenters. The molecule has 0 spiro atoms. The van der Waals surface area contributed by atoms with Gasteiger partial charge in [0.1, 0.15) is 5.75 Å². The highest BCUT2D eigenvalue weighted by Crippen LogP contribution is 2.23. The highest BCUT2D eigenvalue weighted by Gasteiger charge is 2.02. The Balaban J connectivity index is 2.11. The van der Waals surface area contributed by atoms with Gasteiger partial charge in [-0.2, -0.15) is 0 Å². The molecule has 3 nitrogen and oxygen atoms in total. The maximum absolute atomic E-state index is 5.95. The van der Waals surface area contributed by atoms with Gasteiger partial charge < -0.3 is 4.74 Å². The van der Waals surface area contributed by atoms with E-state index < -0.39 is 0 Å². The topological polar surface area (TPSA) is 35.0 Å². The Labute approximate surface area is 99.1 Å². The van der Waals surface area contributed by atoms with Gasteiger partial charge in [0.05, 0.1) is 5.38 Å². The van der Waals surface area contributed by atoms with E-state index in [0.717, 1.165) is 5.56 Å². The lowest BCUT2D eigenvalue weighted by atomic mass is 10.2. The van der Waals surface area contributed by atoms with Crippen LogP contribution in [-0.2, 0) is 0 Å². The molecule has 1 aromatic carbocycles. The molecule has 16 heavy (non-hydrogen) atoms. The Morgan fingerprint density at radius 3 is 2.31 bits per heavy atom. The molecule has 0 aliphatic heterocycles. The van der Waals surface area contributed by atoms with E-state index in [1.807, 2.05) is 31.2 Å². The van der Waals surface area contributed by atoms with Gasteiger partial charge in [0.25, 0.3) is 0 Å². The number of halogens is 1. The van der Waals surface area contributed by atoms with Crippen molar-refractivity contribution in [3.63, 3.8) is 0 Å². The minimum atomic E-state index is 0.00188. The van der Waals surface area contributed by atoms with Crippen LogP contribution in [0.25, 0.3) is 0 Å². The quantitative estimate of drug-likeness (QED) is 0.762. The van der Waals surface area contributed by atoms with Crippen molar-refractivity contribution in [1.29, 1.82) is 0 Å². The predicted molar refractivity (Wildman–Crippen MR) is 62.8 cm³/mol. The van der Waals surface area contributed by atoms with E-state index in [-0.39, 0.29) is 5.38 Å². The monoisotopic (exact) mass is 234 g/mol. The summed E-state index contributed by atoms with van der Waals surface area (Å²) in [7, 11) is 0. The van der Waals surface area contributed by atoms with Crippen LogP contribution in [0.1, 0.15) is 17.9 Å². The molecule has 82 valence electrons. The molecule has 0 aliphatic carbocycles. The summed E-state index contributed by atoms with van der Waals surface area (Å²) in [6.07, 6.45) is 3.27. The summed E-state index contributed by atoms with van der Waals surface area (Å²) in [6.45, 7) is 1.93. The Morgan fingerprint density at radius 1 is 1.12 bits per heavy atom. The molecule has 1 aromatic heterocycles. The van der Waals surface area contributed by atoms with E-state index in [0.29, 0.717) is 11.8 Å². The van der Waals surface area contributed by atoms with E-state index in [9.17, 15) is 0 Å². The minimum Gasteiger partial charge on any atom is -0.424 e. The number of nitrogens with zero attached hydrogens (tertiary/aromatic N) is 2. The van der Waals surface area contributed by atoms with Crippen LogP contribution < -0.4 is 4.74 Å². The molecule has 1 atom stereocenters. The third-order valence-electron chi connectivity index (χ3n) is 2.09. The maximum Gasteiger partial charge on any atom is 0.321 e. The second-order valence-electron chi connectivity index (χ2n) is 3.32. The van der Waals surface area contributed by atoms with E-state index in [1.54, 1.807) is 18.5 Å². The fourth-order valence-electron chi connectivity index (χ4n) is 1.24. The lowest BCUT2D eigenvalue weighted by Crippen LogP contribution is -1.90. The van der Waals surface area contributed by atoms with Crippen LogP contribution in [0.3, 0.4) is 0 Å². The van der Waals surface area contributed by atoms with Crippen LogP contribution in [0.5, 0.6) is 11.8 Å². The fourth-order valence-corrected chi connectivity index (χ4v) is 1.39. The molecule has 2 aromatic rings. The van der Waals surface area contributed by atoms with E-state index in [4.69, 9.17) is 16.3 Å². The smallest absolute Gasteiger partial charge is 0.321 e. The number of aromatic nitrogens is 2. The van der Waals surface area contributed by atoms with Gasteiger partial charge in [-0.3, -0.25) is 0 Å². The van der Waals surface area contributed by atoms with Gasteiger partial charge in [0.2, 0.25) is 0 Å². The van der Waals surface area contributed by atoms with Crippen molar-refractivity contribution in [2.24, 2.45) is 0 Å². The van der Waals surface area contributed by atoms with Gasteiger partial charge >= 0.3 is 6.01 Å². The van der Waals surface area contributed by atoms with Gasteiger partial charge in [0, 0.05) is 12.4 Å². The average Bonchev–Trinajstić information content (AvgIpc) is 2.31. The number of ether oxygens (including phenoxy) is 1.